The van der Waals surface area contributed by atoms with Gasteiger partial charge in [0.15, 0.2) is 0 Å². The van der Waals surface area contributed by atoms with Gasteiger partial charge in [-0.25, -0.2) is 0 Å². The zero-order chi connectivity index (χ0) is 15.4. The molecule has 1 aromatic heterocycles. The lowest BCUT2D eigenvalue weighted by atomic mass is 10.1. The molecule has 0 atom stereocenters. The summed E-state index contributed by atoms with van der Waals surface area (Å²) < 4.78 is 2.09. The van der Waals surface area contributed by atoms with Crippen molar-refractivity contribution >= 4 is 5.82 Å². The molecule has 0 amide bonds. The largest absolute Gasteiger partial charge is 0.354 e. The first-order valence-electron chi connectivity index (χ1n) is 8.54. The van der Waals surface area contributed by atoms with Gasteiger partial charge >= 0.3 is 0 Å². The Morgan fingerprint density at radius 3 is 2.57 bits per heavy atom. The maximum Gasteiger partial charge on any atom is 0.131 e. The molecule has 1 aromatic rings. The quantitative estimate of drug-likeness (QED) is 0.837. The van der Waals surface area contributed by atoms with E-state index in [0.717, 1.165) is 19.6 Å². The Morgan fingerprint density at radius 2 is 2.00 bits per heavy atom. The molecule has 21 heavy (non-hydrogen) atoms. The number of nitrogens with zero attached hydrogens (tertiary/aromatic N) is 3. The molecule has 0 unspecified atom stereocenters. The standard InChI is InChI=1S/C17H32N4/c1-6-21(15-9-7-8-10-15)17-16(12-18-11-13(2)3)14(4)19-20(17)5/h13,15,18H,6-12H2,1-5H3. The van der Waals surface area contributed by atoms with Gasteiger partial charge in [-0.1, -0.05) is 26.7 Å². The fraction of sp³-hybridized carbons (Fsp3) is 0.824. The summed E-state index contributed by atoms with van der Waals surface area (Å²) in [6.07, 6.45) is 5.41. The number of anilines is 1. The Hall–Kier alpha value is -1.03. The number of nitrogens with one attached hydrogen (secondary N) is 1. The lowest BCUT2D eigenvalue weighted by Crippen LogP contribution is -2.35. The van der Waals surface area contributed by atoms with Crippen molar-refractivity contribution < 1.29 is 0 Å². The van der Waals surface area contributed by atoms with Gasteiger partial charge in [0.1, 0.15) is 5.82 Å². The minimum atomic E-state index is 0.683. The summed E-state index contributed by atoms with van der Waals surface area (Å²) in [5, 5.41) is 8.27. The monoisotopic (exact) mass is 292 g/mol. The van der Waals surface area contributed by atoms with E-state index in [-0.39, 0.29) is 0 Å². The molecule has 0 bridgehead atoms. The summed E-state index contributed by atoms with van der Waals surface area (Å²) in [5.74, 6) is 2.01. The molecule has 2 rings (SSSR count). The number of aryl methyl sites for hydroxylation is 2. The molecule has 1 saturated carbocycles. The molecular weight excluding hydrogens is 260 g/mol. The minimum Gasteiger partial charge on any atom is -0.354 e. The molecule has 0 spiro atoms. The van der Waals surface area contributed by atoms with Crippen LogP contribution in [-0.2, 0) is 13.6 Å². The first kappa shape index (κ1) is 16.3. The molecule has 120 valence electrons. The van der Waals surface area contributed by atoms with Gasteiger partial charge in [-0.15, -0.1) is 0 Å². The fourth-order valence-electron chi connectivity index (χ4n) is 3.54. The van der Waals surface area contributed by atoms with E-state index in [1.807, 2.05) is 0 Å². The third kappa shape index (κ3) is 3.79. The molecule has 1 aliphatic rings. The highest BCUT2D eigenvalue weighted by Crippen LogP contribution is 2.31. The van der Waals surface area contributed by atoms with Crippen molar-refractivity contribution in [2.75, 3.05) is 18.0 Å². The van der Waals surface area contributed by atoms with Crippen LogP contribution in [0.5, 0.6) is 0 Å². The highest BCUT2D eigenvalue weighted by molar-refractivity contribution is 5.51. The average Bonchev–Trinajstić information content (AvgIpc) is 3.02. The second-order valence-corrected chi connectivity index (χ2v) is 6.76. The van der Waals surface area contributed by atoms with Crippen molar-refractivity contribution in [3.63, 3.8) is 0 Å². The van der Waals surface area contributed by atoms with Crippen LogP contribution in [0.3, 0.4) is 0 Å². The lowest BCUT2D eigenvalue weighted by molar-refractivity contribution is 0.547. The SMILES string of the molecule is CCN(c1c(CNCC(C)C)c(C)nn1C)C1CCCC1. The maximum atomic E-state index is 4.68. The number of hydrogen-bond donors (Lipinski definition) is 1. The van der Waals surface area contributed by atoms with E-state index in [1.54, 1.807) is 0 Å². The van der Waals surface area contributed by atoms with Gasteiger partial charge in [-0.3, -0.25) is 4.68 Å². The smallest absolute Gasteiger partial charge is 0.131 e. The van der Waals surface area contributed by atoms with Crippen LogP contribution in [-0.4, -0.2) is 28.9 Å². The van der Waals surface area contributed by atoms with Gasteiger partial charge in [0.05, 0.1) is 5.69 Å². The molecule has 1 aliphatic carbocycles. The molecule has 1 fully saturated rings. The molecule has 0 saturated heterocycles. The Kier molecular flexibility index (Phi) is 5.68. The van der Waals surface area contributed by atoms with Gasteiger partial charge < -0.3 is 10.2 Å². The van der Waals surface area contributed by atoms with Gasteiger partial charge in [0, 0.05) is 31.7 Å². The summed E-state index contributed by atoms with van der Waals surface area (Å²) in [4.78, 5) is 2.58. The van der Waals surface area contributed by atoms with Crippen LogP contribution in [0.1, 0.15) is 57.7 Å². The van der Waals surface area contributed by atoms with Gasteiger partial charge in [-0.2, -0.15) is 5.10 Å². The predicted octanol–water partition coefficient (Wildman–Crippen LogP) is 3.24. The van der Waals surface area contributed by atoms with Crippen LogP contribution in [0.2, 0.25) is 0 Å². The number of hydrogen-bond acceptors (Lipinski definition) is 3. The van der Waals surface area contributed by atoms with Crippen LogP contribution >= 0.6 is 0 Å². The van der Waals surface area contributed by atoms with Crippen LogP contribution < -0.4 is 10.2 Å². The van der Waals surface area contributed by atoms with Crippen molar-refractivity contribution in [3.05, 3.63) is 11.3 Å². The Labute approximate surface area is 129 Å². The number of aromatic nitrogens is 2. The first-order chi connectivity index (χ1) is 10.0. The van der Waals surface area contributed by atoms with Gasteiger partial charge in [0.25, 0.3) is 0 Å². The lowest BCUT2D eigenvalue weighted by Gasteiger charge is -2.31. The normalized spacial score (nSPS) is 16.1. The minimum absolute atomic E-state index is 0.683. The summed E-state index contributed by atoms with van der Waals surface area (Å²) >= 11 is 0. The molecule has 0 radical (unpaired) electrons. The van der Waals surface area contributed by atoms with Gasteiger partial charge in [0.2, 0.25) is 0 Å². The number of rotatable bonds is 7. The van der Waals surface area contributed by atoms with Crippen molar-refractivity contribution in [1.82, 2.24) is 15.1 Å². The molecule has 1 N–H and O–H groups in total. The van der Waals surface area contributed by atoms with E-state index in [1.165, 1.54) is 42.8 Å². The van der Waals surface area contributed by atoms with E-state index < -0.39 is 0 Å². The van der Waals surface area contributed by atoms with E-state index in [9.17, 15) is 0 Å². The summed E-state index contributed by atoms with van der Waals surface area (Å²) in [7, 11) is 2.09. The Balaban J connectivity index is 2.19. The van der Waals surface area contributed by atoms with Crippen molar-refractivity contribution in [2.24, 2.45) is 13.0 Å². The maximum absolute atomic E-state index is 4.68. The molecule has 1 heterocycles. The highest BCUT2D eigenvalue weighted by atomic mass is 15.4. The topological polar surface area (TPSA) is 33.1 Å². The predicted molar refractivity (Wildman–Crippen MR) is 89.8 cm³/mol. The van der Waals surface area contributed by atoms with Crippen molar-refractivity contribution in [1.29, 1.82) is 0 Å². The average molecular weight is 292 g/mol. The van der Waals surface area contributed by atoms with E-state index in [4.69, 9.17) is 0 Å². The summed E-state index contributed by atoms with van der Waals surface area (Å²) in [6, 6.07) is 0.702. The molecule has 4 nitrogen and oxygen atoms in total. The van der Waals surface area contributed by atoms with Crippen molar-refractivity contribution in [2.45, 2.75) is 66.0 Å². The van der Waals surface area contributed by atoms with Crippen LogP contribution in [0, 0.1) is 12.8 Å². The van der Waals surface area contributed by atoms with Crippen LogP contribution in [0.25, 0.3) is 0 Å². The van der Waals surface area contributed by atoms with E-state index in [2.05, 4.69) is 54.7 Å². The van der Waals surface area contributed by atoms with Crippen LogP contribution in [0.15, 0.2) is 0 Å². The van der Waals surface area contributed by atoms with Crippen molar-refractivity contribution in [3.8, 4) is 0 Å². The summed E-state index contributed by atoms with van der Waals surface area (Å²) in [6.45, 7) is 12.0. The highest BCUT2D eigenvalue weighted by Gasteiger charge is 2.26. The zero-order valence-corrected chi connectivity index (χ0v) is 14.4. The Bertz CT molecular complexity index is 444. The molecule has 0 aliphatic heterocycles. The van der Waals surface area contributed by atoms with E-state index >= 15 is 0 Å². The summed E-state index contributed by atoms with van der Waals surface area (Å²) in [5.41, 5.74) is 2.55. The van der Waals surface area contributed by atoms with E-state index in [0.29, 0.717) is 12.0 Å². The van der Waals surface area contributed by atoms with Gasteiger partial charge in [-0.05, 0) is 39.2 Å². The molecular formula is C17H32N4. The second-order valence-electron chi connectivity index (χ2n) is 6.76. The molecule has 0 aromatic carbocycles. The Morgan fingerprint density at radius 1 is 1.33 bits per heavy atom. The fourth-order valence-corrected chi connectivity index (χ4v) is 3.54. The third-order valence-corrected chi connectivity index (χ3v) is 4.55. The molecule has 4 heteroatoms. The van der Waals surface area contributed by atoms with Crippen LogP contribution in [0.4, 0.5) is 5.82 Å². The first-order valence-corrected chi connectivity index (χ1v) is 8.54. The second kappa shape index (κ2) is 7.30. The zero-order valence-electron chi connectivity index (χ0n) is 14.4. The third-order valence-electron chi connectivity index (χ3n) is 4.55.